The Bertz CT molecular complexity index is 4070. The zero-order valence-electron chi connectivity index (χ0n) is 79.3. The van der Waals surface area contributed by atoms with E-state index in [1.165, 1.54) is 44.5 Å². The summed E-state index contributed by atoms with van der Waals surface area (Å²) in [5, 5.41) is 54.6. The smallest absolute Gasteiger partial charge is 0.132 e. The molecule has 0 aliphatic carbocycles. The third-order valence-electron chi connectivity index (χ3n) is 24.5. The Morgan fingerprint density at radius 1 is 0.265 bits per heavy atom. The van der Waals surface area contributed by atoms with Crippen LogP contribution in [-0.2, 0) is 21.7 Å². The summed E-state index contributed by atoms with van der Waals surface area (Å²) in [7, 11) is 0. The largest absolute Gasteiger partial charge is 0.492 e. The van der Waals surface area contributed by atoms with Gasteiger partial charge < -0.3 is 79.6 Å². The molecule has 0 aromatic heterocycles. The van der Waals surface area contributed by atoms with Crippen LogP contribution in [0, 0.1) is 38.0 Å². The third-order valence-corrected chi connectivity index (χ3v) is 30.0. The van der Waals surface area contributed by atoms with Crippen molar-refractivity contribution in [1.82, 2.24) is 40.9 Å². The molecule has 4 aliphatic heterocycles. The monoisotopic (exact) mass is 2330 g/mol. The van der Waals surface area contributed by atoms with Gasteiger partial charge in [-0.2, -0.15) is 0 Å². The number of ether oxygens (including phenoxy) is 8. The molecule has 0 radical (unpaired) electrons. The number of hydrogen-bond acceptors (Lipinski definition) is 20. The van der Waals surface area contributed by atoms with Gasteiger partial charge in [0.2, 0.25) is 0 Å². The minimum absolute atomic E-state index is 0.164. The molecule has 132 heavy (non-hydrogen) atoms. The van der Waals surface area contributed by atoms with Gasteiger partial charge in [-0.1, -0.05) is 156 Å². The molecule has 728 valence electrons. The second kappa shape index (κ2) is 56.9. The van der Waals surface area contributed by atoms with E-state index in [-0.39, 0.29) is 21.7 Å². The SMILES string of the molecule is CC(CCl)COc1ccc(C(C)(C)c2ccc(OCC(O)CN3CCNCC3)cc2)cc1[123I].C[C@@H](CCl)COc1ccc(C(C)(C)c2ccc(OC[C@@H](O)CN3CCNCC3)cc2)cc1[123I].C[C@@H](CCl)COc1ccc(C(C)(C)c2ccc(OC[C@H](O)CN3CCNCC3)cc2)cc1[123I].C[C@H](CCl)COc1ccc(C(C)(C)c2ccc(OC[C@H](O)CN3CCNCC3)cc2)cc1[123I]. The lowest BCUT2D eigenvalue weighted by atomic mass is 9.78. The molecule has 0 spiro atoms. The van der Waals surface area contributed by atoms with Crippen molar-refractivity contribution in [3.8, 4) is 46.0 Å². The molecule has 0 amide bonds. The maximum Gasteiger partial charge on any atom is 0.132 e. The van der Waals surface area contributed by atoms with Crippen molar-refractivity contribution < 1.29 is 58.3 Å². The van der Waals surface area contributed by atoms with Gasteiger partial charge in [0.05, 0.1) is 40.7 Å². The van der Waals surface area contributed by atoms with Crippen molar-refractivity contribution in [2.75, 3.05) is 207 Å². The van der Waals surface area contributed by atoms with Gasteiger partial charge in [0, 0.05) is 200 Å². The highest BCUT2D eigenvalue weighted by atomic mass is 123. The van der Waals surface area contributed by atoms with E-state index in [1.54, 1.807) is 0 Å². The van der Waals surface area contributed by atoms with E-state index in [2.05, 4.69) is 336 Å². The first kappa shape index (κ1) is 111. The van der Waals surface area contributed by atoms with Gasteiger partial charge in [-0.05, 0) is 232 Å². The van der Waals surface area contributed by atoms with Crippen LogP contribution in [0.4, 0.5) is 0 Å². The molecule has 4 saturated heterocycles. The highest BCUT2D eigenvalue weighted by Crippen LogP contribution is 2.41. The number of aliphatic hydroxyl groups is 4. The van der Waals surface area contributed by atoms with Crippen LogP contribution in [0.15, 0.2) is 170 Å². The lowest BCUT2D eigenvalue weighted by Crippen LogP contribution is -2.47. The minimum Gasteiger partial charge on any atom is -0.492 e. The van der Waals surface area contributed by atoms with E-state index in [1.807, 2.05) is 48.5 Å². The number of hydrogen-bond donors (Lipinski definition) is 8. The second-order valence-electron chi connectivity index (χ2n) is 37.5. The van der Waals surface area contributed by atoms with Gasteiger partial charge in [0.1, 0.15) is 96.8 Å². The number of rotatable bonds is 44. The molecule has 8 atom stereocenters. The Balaban J connectivity index is 0.000000198. The van der Waals surface area contributed by atoms with E-state index in [4.69, 9.17) is 84.3 Å². The second-order valence-corrected chi connectivity index (χ2v) is 43.4. The minimum atomic E-state index is -0.491. The average Bonchev–Trinajstić information content (AvgIpc) is 0.807. The molecule has 0 bridgehead atoms. The molecule has 8 aromatic carbocycles. The van der Waals surface area contributed by atoms with Gasteiger partial charge in [-0.15, -0.1) is 46.4 Å². The summed E-state index contributed by atoms with van der Waals surface area (Å²) in [4.78, 5) is 9.08. The van der Waals surface area contributed by atoms with Crippen LogP contribution in [0.2, 0.25) is 0 Å². The molecule has 4 aliphatic rings. The predicted molar refractivity (Wildman–Crippen MR) is 576 cm³/mol. The maximum atomic E-state index is 10.3. The first-order valence-corrected chi connectivity index (χ1v) is 53.0. The Morgan fingerprint density at radius 3 is 0.591 bits per heavy atom. The fourth-order valence-electron chi connectivity index (χ4n) is 15.4. The van der Waals surface area contributed by atoms with Crippen molar-refractivity contribution in [3.63, 3.8) is 0 Å². The molecule has 2 unspecified atom stereocenters. The van der Waals surface area contributed by atoms with Crippen LogP contribution in [0.25, 0.3) is 0 Å². The maximum absolute atomic E-state index is 10.3. The molecule has 8 aromatic rings. The highest BCUT2D eigenvalue weighted by molar-refractivity contribution is 14.1. The van der Waals surface area contributed by atoms with Gasteiger partial charge in [-0.3, -0.25) is 19.6 Å². The number of piperazine rings is 4. The topological polar surface area (TPSA) is 216 Å². The Labute approximate surface area is 862 Å². The summed E-state index contributed by atoms with van der Waals surface area (Å²) in [6.45, 7) is 48.0. The fourth-order valence-corrected chi connectivity index (χ4v) is 18.5. The molecule has 20 nitrogen and oxygen atoms in total. The number of nitrogens with one attached hydrogen (secondary N) is 4. The van der Waals surface area contributed by atoms with E-state index in [9.17, 15) is 20.4 Å². The molecular formula is C104H144Cl4I4N8O12. The van der Waals surface area contributed by atoms with Crippen LogP contribution >= 0.6 is 137 Å². The standard InChI is InChI=1S/4C26H36ClIN2O3/c4*1-19(15-27)17-33-25-9-6-21(14-24(25)28)26(2,3)20-4-7-23(8-5-20)32-18-22(31)16-30-12-10-29-11-13-30/h4*4-9,14,19,22,29,31H,10-13,15-18H2,1-3H3/t19-,22+;2*19-,22-;/m010./s1/i4*28-4. The summed E-state index contributed by atoms with van der Waals surface area (Å²) < 4.78 is 51.5. The molecule has 4 heterocycles. The fraction of sp³-hybridized carbons (Fsp3) is 0.538. The van der Waals surface area contributed by atoms with Crippen LogP contribution in [0.1, 0.15) is 128 Å². The Morgan fingerprint density at radius 2 is 0.432 bits per heavy atom. The lowest BCUT2D eigenvalue weighted by Gasteiger charge is -2.29. The Kier molecular flexibility index (Phi) is 48.0. The number of aliphatic hydroxyl groups excluding tert-OH is 4. The lowest BCUT2D eigenvalue weighted by molar-refractivity contribution is 0.0640. The quantitative estimate of drug-likeness (QED) is 0.0132. The summed E-state index contributed by atoms with van der Waals surface area (Å²) >= 11 is 32.9. The summed E-state index contributed by atoms with van der Waals surface area (Å²) in [6, 6.07) is 58.3. The van der Waals surface area contributed by atoms with E-state index >= 15 is 0 Å². The van der Waals surface area contributed by atoms with Crippen molar-refractivity contribution in [2.24, 2.45) is 23.7 Å². The van der Waals surface area contributed by atoms with Crippen molar-refractivity contribution in [2.45, 2.75) is 129 Å². The number of benzene rings is 8. The zero-order chi connectivity index (χ0) is 95.4. The highest BCUT2D eigenvalue weighted by Gasteiger charge is 2.31. The molecule has 0 saturated carbocycles. The van der Waals surface area contributed by atoms with Crippen LogP contribution in [-0.4, -0.2) is 272 Å². The number of halogens is 8. The summed E-state index contributed by atoms with van der Waals surface area (Å²) in [5.74, 6) is 10.4. The Hall–Kier alpha value is -4.24. The van der Waals surface area contributed by atoms with Gasteiger partial charge in [0.15, 0.2) is 0 Å². The number of nitrogens with zero attached hydrogens (tertiary/aromatic N) is 4. The average molecular weight is 2330 g/mol. The van der Waals surface area contributed by atoms with Gasteiger partial charge in [-0.25, -0.2) is 0 Å². The molecule has 12 rings (SSSR count). The summed E-state index contributed by atoms with van der Waals surface area (Å²) in [6.07, 6.45) is -1.96. The van der Waals surface area contributed by atoms with Crippen molar-refractivity contribution in [3.05, 3.63) is 229 Å². The van der Waals surface area contributed by atoms with E-state index in [0.29, 0.717) is 126 Å². The number of β-amino-alcohol motifs (C(OH)–C–C–N with tert-alkyl or cyclic N) is 4. The first-order chi connectivity index (χ1) is 63.2. The van der Waals surface area contributed by atoms with Crippen molar-refractivity contribution in [1.29, 1.82) is 0 Å². The van der Waals surface area contributed by atoms with Crippen LogP contribution in [0.3, 0.4) is 0 Å². The van der Waals surface area contributed by atoms with E-state index < -0.39 is 24.4 Å². The van der Waals surface area contributed by atoms with E-state index in [0.717, 1.165) is 165 Å². The first-order valence-electron chi connectivity index (χ1n) is 46.5. The molecular weight excluding hydrogens is 2190 g/mol. The molecule has 8 N–H and O–H groups in total. The predicted octanol–water partition coefficient (Wildman–Crippen LogP) is 18.1. The normalized spacial score (nSPS) is 16.9. The molecule has 28 heteroatoms. The molecule has 4 fully saturated rings. The van der Waals surface area contributed by atoms with Gasteiger partial charge >= 0.3 is 0 Å². The zero-order valence-corrected chi connectivity index (χ0v) is 90.9. The van der Waals surface area contributed by atoms with Crippen LogP contribution < -0.4 is 59.2 Å². The number of alkyl halides is 4. The third kappa shape index (κ3) is 36.4. The van der Waals surface area contributed by atoms with Crippen molar-refractivity contribution >= 4 is 137 Å². The summed E-state index contributed by atoms with van der Waals surface area (Å²) in [5.41, 5.74) is 9.07. The van der Waals surface area contributed by atoms with Crippen LogP contribution in [0.5, 0.6) is 46.0 Å². The van der Waals surface area contributed by atoms with Gasteiger partial charge in [0.25, 0.3) is 0 Å².